The van der Waals surface area contributed by atoms with Crippen LogP contribution in [0.2, 0.25) is 0 Å². The second kappa shape index (κ2) is 8.72. The van der Waals surface area contributed by atoms with Crippen LogP contribution in [0.4, 0.5) is 0 Å². The minimum atomic E-state index is -0.232. The number of carbonyl (C=O) groups excluding carboxylic acids is 1. The molecule has 0 bridgehead atoms. The molecule has 1 aliphatic carbocycles. The normalized spacial score (nSPS) is 19.8. The van der Waals surface area contributed by atoms with Crippen LogP contribution in [0.15, 0.2) is 80.5 Å². The van der Waals surface area contributed by atoms with Crippen molar-refractivity contribution in [3.8, 4) is 17.1 Å². The Hall–Kier alpha value is -3.04. The lowest BCUT2D eigenvalue weighted by molar-refractivity contribution is -0.118. The number of benzene rings is 1. The second-order valence-electron chi connectivity index (χ2n) is 8.01. The van der Waals surface area contributed by atoms with Crippen LogP contribution >= 0.6 is 23.5 Å². The molecule has 1 aromatic carbocycles. The van der Waals surface area contributed by atoms with Gasteiger partial charge in [0.15, 0.2) is 11.0 Å². The average Bonchev–Trinajstić information content (AvgIpc) is 3.45. The Balaban J connectivity index is 1.28. The van der Waals surface area contributed by atoms with Crippen LogP contribution in [0, 0.1) is 5.92 Å². The van der Waals surface area contributed by atoms with E-state index in [2.05, 4.69) is 20.2 Å². The molecule has 0 spiro atoms. The van der Waals surface area contributed by atoms with E-state index in [0.29, 0.717) is 22.6 Å². The van der Waals surface area contributed by atoms with Crippen molar-refractivity contribution in [2.75, 3.05) is 5.75 Å². The van der Waals surface area contributed by atoms with Crippen molar-refractivity contribution in [2.24, 2.45) is 15.9 Å². The molecular weight excluding hydrogens is 452 g/mol. The Bertz CT molecular complexity index is 1310. The van der Waals surface area contributed by atoms with E-state index < -0.39 is 0 Å². The van der Waals surface area contributed by atoms with E-state index >= 15 is 0 Å². The lowest BCUT2D eigenvalue weighted by atomic mass is 9.89. The van der Waals surface area contributed by atoms with Crippen molar-refractivity contribution in [3.63, 3.8) is 0 Å². The van der Waals surface area contributed by atoms with Crippen molar-refractivity contribution in [3.05, 3.63) is 65.3 Å². The third-order valence-corrected chi connectivity index (χ3v) is 8.08. The van der Waals surface area contributed by atoms with Gasteiger partial charge >= 0.3 is 0 Å². The molecule has 1 unspecified atom stereocenters. The Morgan fingerprint density at radius 2 is 1.91 bits per heavy atom. The van der Waals surface area contributed by atoms with E-state index in [1.54, 1.807) is 24.2 Å². The van der Waals surface area contributed by atoms with E-state index in [1.807, 2.05) is 47.0 Å². The van der Waals surface area contributed by atoms with Gasteiger partial charge in [-0.25, -0.2) is 4.99 Å². The summed E-state index contributed by atoms with van der Waals surface area (Å²) >= 11 is 3.17. The van der Waals surface area contributed by atoms with Gasteiger partial charge in [-0.3, -0.25) is 14.3 Å². The summed E-state index contributed by atoms with van der Waals surface area (Å²) in [6.45, 7) is 0. The summed E-state index contributed by atoms with van der Waals surface area (Å²) in [6, 6.07) is 13.8. The molecule has 0 saturated heterocycles. The molecule has 3 aliphatic rings. The van der Waals surface area contributed by atoms with Crippen LogP contribution in [-0.4, -0.2) is 42.3 Å². The maximum atomic E-state index is 12.9. The van der Waals surface area contributed by atoms with Gasteiger partial charge in [-0.1, -0.05) is 41.7 Å². The highest BCUT2D eigenvalue weighted by molar-refractivity contribution is 8.17. The number of carbonyl (C=O) groups is 1. The highest BCUT2D eigenvalue weighted by Crippen LogP contribution is 2.47. The molecule has 9 heteroatoms. The van der Waals surface area contributed by atoms with Crippen molar-refractivity contribution < 1.29 is 4.79 Å². The number of para-hydroxylation sites is 1. The zero-order valence-electron chi connectivity index (χ0n) is 17.7. The van der Waals surface area contributed by atoms with Gasteiger partial charge in [-0.15, -0.1) is 10.2 Å². The minimum Gasteiger partial charge on any atom is -0.271 e. The van der Waals surface area contributed by atoms with Gasteiger partial charge in [0.05, 0.1) is 10.8 Å². The third-order valence-electron chi connectivity index (χ3n) is 5.90. The smallest absolute Gasteiger partial charge is 0.261 e. The molecule has 0 radical (unpaired) electrons. The van der Waals surface area contributed by atoms with Crippen LogP contribution in [0.5, 0.6) is 0 Å². The predicted molar refractivity (Wildman–Crippen MR) is 132 cm³/mol. The molecule has 0 fully saturated rings. The number of nitrogens with zero attached hydrogens (tertiary/aromatic N) is 6. The zero-order chi connectivity index (χ0) is 22.2. The Morgan fingerprint density at radius 1 is 1.03 bits per heavy atom. The molecule has 0 saturated carbocycles. The quantitative estimate of drug-likeness (QED) is 0.489. The number of aliphatic imine (C=N–C) groups is 2. The van der Waals surface area contributed by atoms with Gasteiger partial charge in [-0.05, 0) is 60.4 Å². The van der Waals surface area contributed by atoms with Crippen molar-refractivity contribution in [2.45, 2.75) is 30.8 Å². The van der Waals surface area contributed by atoms with Crippen LogP contribution in [0.1, 0.15) is 25.7 Å². The van der Waals surface area contributed by atoms with Crippen LogP contribution < -0.4 is 0 Å². The van der Waals surface area contributed by atoms with Gasteiger partial charge in [0.2, 0.25) is 0 Å². The lowest BCUT2D eigenvalue weighted by Gasteiger charge is -2.18. The van der Waals surface area contributed by atoms with E-state index in [9.17, 15) is 4.79 Å². The Labute approximate surface area is 199 Å². The first-order chi connectivity index (χ1) is 16.3. The number of allylic oxidation sites excluding steroid dienone is 1. The van der Waals surface area contributed by atoms with Crippen molar-refractivity contribution >= 4 is 40.3 Å². The molecule has 2 aliphatic heterocycles. The first-order valence-electron chi connectivity index (χ1n) is 10.9. The van der Waals surface area contributed by atoms with Crippen LogP contribution in [0.25, 0.3) is 17.1 Å². The van der Waals surface area contributed by atoms with E-state index in [4.69, 9.17) is 4.99 Å². The average molecular weight is 473 g/mol. The first-order valence-corrected chi connectivity index (χ1v) is 12.7. The van der Waals surface area contributed by atoms with Crippen molar-refractivity contribution in [1.29, 1.82) is 0 Å². The highest BCUT2D eigenvalue weighted by atomic mass is 32.2. The van der Waals surface area contributed by atoms with Gasteiger partial charge in [-0.2, -0.15) is 4.99 Å². The monoisotopic (exact) mass is 472 g/mol. The molecule has 3 aromatic rings. The van der Waals surface area contributed by atoms with E-state index in [-0.39, 0.29) is 11.8 Å². The summed E-state index contributed by atoms with van der Waals surface area (Å²) in [5.41, 5.74) is 3.10. The van der Waals surface area contributed by atoms with Gasteiger partial charge in [0.1, 0.15) is 11.8 Å². The number of fused-ring (bicyclic) bond motifs is 2. The molecule has 2 aromatic heterocycles. The fourth-order valence-corrected chi connectivity index (χ4v) is 6.56. The summed E-state index contributed by atoms with van der Waals surface area (Å²) < 4.78 is 2.01. The van der Waals surface area contributed by atoms with E-state index in [0.717, 1.165) is 35.6 Å². The summed E-state index contributed by atoms with van der Waals surface area (Å²) in [5, 5.41) is 10.5. The summed E-state index contributed by atoms with van der Waals surface area (Å²) in [6.07, 6.45) is 7.91. The Kier molecular flexibility index (Phi) is 5.43. The SMILES string of the molecule is O=C1N=C(CSc2nnc(-c3cccnc3)n2-c2ccccc2)N=C2SC3=C(CCCC3)C12. The second-order valence-corrected chi connectivity index (χ2v) is 10.1. The van der Waals surface area contributed by atoms with Gasteiger partial charge < -0.3 is 0 Å². The van der Waals surface area contributed by atoms with Crippen molar-refractivity contribution in [1.82, 2.24) is 19.7 Å². The summed E-state index contributed by atoms with van der Waals surface area (Å²) in [5.74, 6) is 1.41. The molecule has 33 heavy (non-hydrogen) atoms. The fourth-order valence-electron chi connectivity index (χ4n) is 4.39. The molecule has 164 valence electrons. The number of rotatable bonds is 5. The van der Waals surface area contributed by atoms with Gasteiger partial charge in [0.25, 0.3) is 5.91 Å². The summed E-state index contributed by atoms with van der Waals surface area (Å²) in [7, 11) is 0. The molecule has 1 amide bonds. The number of amides is 1. The maximum absolute atomic E-state index is 12.9. The number of hydrogen-bond acceptors (Lipinski definition) is 7. The maximum Gasteiger partial charge on any atom is 0.261 e. The topological polar surface area (TPSA) is 85.4 Å². The molecule has 1 atom stereocenters. The Morgan fingerprint density at radius 3 is 2.76 bits per heavy atom. The highest BCUT2D eigenvalue weighted by Gasteiger charge is 2.40. The zero-order valence-corrected chi connectivity index (χ0v) is 19.4. The largest absolute Gasteiger partial charge is 0.271 e. The predicted octanol–water partition coefficient (Wildman–Crippen LogP) is 4.95. The third kappa shape index (κ3) is 3.85. The van der Waals surface area contributed by atoms with Crippen LogP contribution in [-0.2, 0) is 4.79 Å². The minimum absolute atomic E-state index is 0.0735. The molecule has 6 rings (SSSR count). The lowest BCUT2D eigenvalue weighted by Crippen LogP contribution is -2.26. The molecule has 4 heterocycles. The van der Waals surface area contributed by atoms with E-state index in [1.165, 1.54) is 28.7 Å². The number of thioether (sulfide) groups is 2. The molecular formula is C24H20N6OS2. The number of pyridine rings is 1. The van der Waals surface area contributed by atoms with Crippen LogP contribution in [0.3, 0.4) is 0 Å². The number of aromatic nitrogens is 4. The number of amidine groups is 1. The summed E-state index contributed by atoms with van der Waals surface area (Å²) in [4.78, 5) is 27.6. The first kappa shape index (κ1) is 20.6. The molecule has 0 N–H and O–H groups in total. The standard InChI is InChI=1S/C24H20N6OS2/c31-22-20-17-10-4-5-11-18(17)33-23(20)27-19(26-22)14-32-24-29-28-21(15-7-6-12-25-13-15)30(24)16-8-2-1-3-9-16/h1-3,6-9,12-13,20H,4-5,10-11,14H2. The van der Waals surface area contributed by atoms with Gasteiger partial charge in [0, 0.05) is 23.6 Å². The fraction of sp³-hybridized carbons (Fsp3) is 0.250. The molecule has 7 nitrogen and oxygen atoms in total. The number of hydrogen-bond donors (Lipinski definition) is 0.